The fourth-order valence-corrected chi connectivity index (χ4v) is 4.06. The summed E-state index contributed by atoms with van der Waals surface area (Å²) in [5, 5.41) is 2.96. The number of methoxy groups -OCH3 is 1. The summed E-state index contributed by atoms with van der Waals surface area (Å²) in [6, 6.07) is 25.4. The van der Waals surface area contributed by atoms with Crippen molar-refractivity contribution in [2.75, 3.05) is 43.5 Å². The van der Waals surface area contributed by atoms with Crippen LogP contribution >= 0.6 is 0 Å². The molecule has 6 nitrogen and oxygen atoms in total. The average Bonchev–Trinajstić information content (AvgIpc) is 2.89. The Morgan fingerprint density at radius 2 is 1.59 bits per heavy atom. The molecule has 0 radical (unpaired) electrons. The zero-order chi connectivity index (χ0) is 23.8. The van der Waals surface area contributed by atoms with E-state index in [0.29, 0.717) is 11.3 Å². The molecule has 6 heteroatoms. The van der Waals surface area contributed by atoms with Crippen molar-refractivity contribution < 1.29 is 14.3 Å². The van der Waals surface area contributed by atoms with E-state index in [1.165, 1.54) is 18.7 Å². The minimum atomic E-state index is -0.436. The van der Waals surface area contributed by atoms with Crippen molar-refractivity contribution >= 4 is 29.3 Å². The van der Waals surface area contributed by atoms with Crippen LogP contribution in [-0.4, -0.2) is 50.1 Å². The summed E-state index contributed by atoms with van der Waals surface area (Å²) in [4.78, 5) is 29.5. The number of esters is 1. The molecule has 0 atom stereocenters. The third-order valence-electron chi connectivity index (χ3n) is 5.86. The minimum absolute atomic E-state index is 0.255. The SMILES string of the molecule is COC(=O)c1ccc(N2CCN(Cc3ccccc3)CC2)c(NC(=O)C=Cc2ccccc2)c1. The fraction of sp³-hybridized carbons (Fsp3) is 0.214. The molecule has 1 saturated heterocycles. The number of rotatable bonds is 7. The summed E-state index contributed by atoms with van der Waals surface area (Å²) in [6.07, 6.45) is 3.27. The summed E-state index contributed by atoms with van der Waals surface area (Å²) < 4.78 is 4.87. The number of nitrogens with one attached hydrogen (secondary N) is 1. The van der Waals surface area contributed by atoms with Crippen LogP contribution in [0.2, 0.25) is 0 Å². The predicted octanol–water partition coefficient (Wildman–Crippen LogP) is 4.45. The van der Waals surface area contributed by atoms with Crippen molar-refractivity contribution in [1.82, 2.24) is 4.90 Å². The van der Waals surface area contributed by atoms with Crippen molar-refractivity contribution in [3.8, 4) is 0 Å². The summed E-state index contributed by atoms with van der Waals surface area (Å²) in [5.41, 5.74) is 4.14. The van der Waals surface area contributed by atoms with Gasteiger partial charge in [-0.2, -0.15) is 0 Å². The molecule has 0 spiro atoms. The zero-order valence-corrected chi connectivity index (χ0v) is 19.3. The van der Waals surface area contributed by atoms with E-state index >= 15 is 0 Å². The van der Waals surface area contributed by atoms with Gasteiger partial charge in [-0.05, 0) is 35.4 Å². The van der Waals surface area contributed by atoms with Crippen LogP contribution in [0.4, 0.5) is 11.4 Å². The lowest BCUT2D eigenvalue weighted by atomic mass is 10.1. The van der Waals surface area contributed by atoms with E-state index in [-0.39, 0.29) is 5.91 Å². The van der Waals surface area contributed by atoms with E-state index in [4.69, 9.17) is 4.74 Å². The summed E-state index contributed by atoms with van der Waals surface area (Å²) >= 11 is 0. The van der Waals surface area contributed by atoms with E-state index < -0.39 is 5.97 Å². The Balaban J connectivity index is 1.47. The molecule has 1 aliphatic heterocycles. The molecular weight excluding hydrogens is 426 g/mol. The molecule has 1 aliphatic rings. The fourth-order valence-electron chi connectivity index (χ4n) is 4.06. The van der Waals surface area contributed by atoms with Gasteiger partial charge >= 0.3 is 5.97 Å². The molecule has 3 aromatic rings. The molecule has 0 bridgehead atoms. The topological polar surface area (TPSA) is 61.9 Å². The van der Waals surface area contributed by atoms with Crippen LogP contribution < -0.4 is 10.2 Å². The van der Waals surface area contributed by atoms with Gasteiger partial charge in [0.25, 0.3) is 0 Å². The highest BCUT2D eigenvalue weighted by Gasteiger charge is 2.21. The summed E-state index contributed by atoms with van der Waals surface area (Å²) in [5.74, 6) is -0.690. The van der Waals surface area contributed by atoms with Crippen molar-refractivity contribution in [1.29, 1.82) is 0 Å². The Bertz CT molecular complexity index is 1140. The highest BCUT2D eigenvalue weighted by Crippen LogP contribution is 2.29. The van der Waals surface area contributed by atoms with Gasteiger partial charge in [-0.3, -0.25) is 9.69 Å². The predicted molar refractivity (Wildman–Crippen MR) is 136 cm³/mol. The van der Waals surface area contributed by atoms with Gasteiger partial charge < -0.3 is 15.0 Å². The zero-order valence-electron chi connectivity index (χ0n) is 19.3. The molecule has 34 heavy (non-hydrogen) atoms. The van der Waals surface area contributed by atoms with Gasteiger partial charge in [0.2, 0.25) is 5.91 Å². The van der Waals surface area contributed by atoms with Crippen LogP contribution in [0.25, 0.3) is 6.08 Å². The van der Waals surface area contributed by atoms with Crippen LogP contribution in [-0.2, 0) is 16.1 Å². The number of nitrogens with zero attached hydrogens (tertiary/aromatic N) is 2. The van der Waals surface area contributed by atoms with E-state index in [1.54, 1.807) is 18.2 Å². The Hall–Kier alpha value is -3.90. The number of benzene rings is 3. The number of amides is 1. The lowest BCUT2D eigenvalue weighted by Gasteiger charge is -2.37. The molecule has 1 fully saturated rings. The molecular formula is C28H29N3O3. The minimum Gasteiger partial charge on any atom is -0.465 e. The number of ether oxygens (including phenoxy) is 1. The molecule has 1 amide bonds. The van der Waals surface area contributed by atoms with Gasteiger partial charge in [0.1, 0.15) is 0 Å². The first-order valence-corrected chi connectivity index (χ1v) is 11.4. The second-order valence-corrected chi connectivity index (χ2v) is 8.21. The normalized spacial score (nSPS) is 14.2. The van der Waals surface area contributed by atoms with E-state index in [2.05, 4.69) is 39.4 Å². The smallest absolute Gasteiger partial charge is 0.337 e. The molecule has 3 aromatic carbocycles. The number of carbonyl (C=O) groups excluding carboxylic acids is 2. The first-order chi connectivity index (χ1) is 16.6. The van der Waals surface area contributed by atoms with Crippen LogP contribution in [0.15, 0.2) is 84.9 Å². The van der Waals surface area contributed by atoms with Gasteiger partial charge in [-0.15, -0.1) is 0 Å². The number of piperazine rings is 1. The number of hydrogen-bond acceptors (Lipinski definition) is 5. The average molecular weight is 456 g/mol. The molecule has 0 saturated carbocycles. The monoisotopic (exact) mass is 455 g/mol. The first kappa shape index (κ1) is 23.3. The third-order valence-corrected chi connectivity index (χ3v) is 5.86. The van der Waals surface area contributed by atoms with Gasteiger partial charge in [0, 0.05) is 38.8 Å². The highest BCUT2D eigenvalue weighted by atomic mass is 16.5. The van der Waals surface area contributed by atoms with Crippen LogP contribution in [0.3, 0.4) is 0 Å². The molecule has 4 rings (SSSR count). The maximum atomic E-state index is 12.7. The Morgan fingerprint density at radius 1 is 0.912 bits per heavy atom. The Labute approximate surface area is 200 Å². The van der Waals surface area contributed by atoms with Crippen LogP contribution in [0, 0.1) is 0 Å². The van der Waals surface area contributed by atoms with Crippen LogP contribution in [0.1, 0.15) is 21.5 Å². The summed E-state index contributed by atoms with van der Waals surface area (Å²) in [7, 11) is 1.35. The van der Waals surface area contributed by atoms with Gasteiger partial charge in [-0.25, -0.2) is 4.79 Å². The number of anilines is 2. The third kappa shape index (κ3) is 6.11. The largest absolute Gasteiger partial charge is 0.465 e. The van der Waals surface area contributed by atoms with Crippen molar-refractivity contribution in [3.63, 3.8) is 0 Å². The molecule has 0 aromatic heterocycles. The Morgan fingerprint density at radius 3 is 2.26 bits per heavy atom. The maximum Gasteiger partial charge on any atom is 0.337 e. The van der Waals surface area contributed by atoms with Crippen molar-refractivity contribution in [2.24, 2.45) is 0 Å². The van der Waals surface area contributed by atoms with E-state index in [9.17, 15) is 9.59 Å². The quantitative estimate of drug-likeness (QED) is 0.421. The highest BCUT2D eigenvalue weighted by molar-refractivity contribution is 6.05. The molecule has 174 valence electrons. The van der Waals surface area contributed by atoms with Crippen molar-refractivity contribution in [3.05, 3.63) is 102 Å². The molecule has 0 aliphatic carbocycles. The van der Waals surface area contributed by atoms with Gasteiger partial charge in [-0.1, -0.05) is 60.7 Å². The van der Waals surface area contributed by atoms with E-state index in [1.807, 2.05) is 42.5 Å². The lowest BCUT2D eigenvalue weighted by molar-refractivity contribution is -0.111. The van der Waals surface area contributed by atoms with Gasteiger partial charge in [0.05, 0.1) is 24.0 Å². The molecule has 1 N–H and O–H groups in total. The van der Waals surface area contributed by atoms with Crippen molar-refractivity contribution in [2.45, 2.75) is 6.54 Å². The second kappa shape index (κ2) is 11.3. The van der Waals surface area contributed by atoms with E-state index in [0.717, 1.165) is 44.0 Å². The molecule has 0 unspecified atom stereocenters. The first-order valence-electron chi connectivity index (χ1n) is 11.4. The number of carbonyl (C=O) groups is 2. The second-order valence-electron chi connectivity index (χ2n) is 8.21. The molecule has 1 heterocycles. The van der Waals surface area contributed by atoms with Gasteiger partial charge in [0.15, 0.2) is 0 Å². The summed E-state index contributed by atoms with van der Waals surface area (Å²) in [6.45, 7) is 4.40. The number of hydrogen-bond donors (Lipinski definition) is 1. The van der Waals surface area contributed by atoms with Crippen LogP contribution in [0.5, 0.6) is 0 Å². The standard InChI is InChI=1S/C28H29N3O3/c1-34-28(33)24-13-14-26(25(20-24)29-27(32)15-12-22-8-4-2-5-9-22)31-18-16-30(17-19-31)21-23-10-6-3-7-11-23/h2-15,20H,16-19,21H2,1H3,(H,29,32). The maximum absolute atomic E-state index is 12.7. The Kier molecular flexibility index (Phi) is 7.73. The lowest BCUT2D eigenvalue weighted by Crippen LogP contribution is -2.46.